The third-order valence-electron chi connectivity index (χ3n) is 6.13. The number of carbonyl (C=O) groups is 4. The molecule has 0 spiro atoms. The highest BCUT2D eigenvalue weighted by molar-refractivity contribution is 5.95. The zero-order chi connectivity index (χ0) is 25.7. The van der Waals surface area contributed by atoms with Gasteiger partial charge in [0.05, 0.1) is 18.8 Å². The molecule has 0 bridgehead atoms. The van der Waals surface area contributed by atoms with Crippen LogP contribution in [0.5, 0.6) is 0 Å². The van der Waals surface area contributed by atoms with Crippen LogP contribution in [0.3, 0.4) is 0 Å². The van der Waals surface area contributed by atoms with Crippen molar-refractivity contribution in [3.8, 4) is 0 Å². The molecular weight excluding hydrogens is 458 g/mol. The van der Waals surface area contributed by atoms with Crippen molar-refractivity contribution in [2.24, 2.45) is 5.73 Å². The number of benzene rings is 1. The maximum Gasteiger partial charge on any atom is 0.328 e. The van der Waals surface area contributed by atoms with Crippen LogP contribution in [0.25, 0.3) is 10.9 Å². The Bertz CT molecular complexity index is 1090. The van der Waals surface area contributed by atoms with E-state index in [1.54, 1.807) is 6.20 Å². The van der Waals surface area contributed by atoms with Gasteiger partial charge in [0.1, 0.15) is 18.1 Å². The Morgan fingerprint density at radius 1 is 1.23 bits per heavy atom. The predicted octanol–water partition coefficient (Wildman–Crippen LogP) is -1.54. The van der Waals surface area contributed by atoms with Crippen LogP contribution in [-0.2, 0) is 25.6 Å². The fourth-order valence-electron chi connectivity index (χ4n) is 4.24. The number of carbonyl (C=O) groups excluding carboxylic acids is 3. The fourth-order valence-corrected chi connectivity index (χ4v) is 4.24. The normalized spacial score (nSPS) is 19.1. The highest BCUT2D eigenvalue weighted by Crippen LogP contribution is 2.22. The lowest BCUT2D eigenvalue weighted by molar-refractivity contribution is -0.144. The Hall–Kier alpha value is -3.48. The van der Waals surface area contributed by atoms with Gasteiger partial charge in [0.2, 0.25) is 17.7 Å². The van der Waals surface area contributed by atoms with Gasteiger partial charge in [0.15, 0.2) is 0 Å². The second-order valence-corrected chi connectivity index (χ2v) is 8.67. The summed E-state index contributed by atoms with van der Waals surface area (Å²) in [6.45, 7) is 0.713. The van der Waals surface area contributed by atoms with E-state index in [1.807, 2.05) is 24.3 Å². The molecule has 1 fully saturated rings. The molecule has 1 aromatic heterocycles. The Morgan fingerprint density at radius 3 is 2.60 bits per heavy atom. The molecule has 3 amide bonds. The number of carboxylic acid groups (broad SMARTS) is 1. The maximum atomic E-state index is 13.1. The van der Waals surface area contributed by atoms with Gasteiger partial charge in [0.25, 0.3) is 0 Å². The van der Waals surface area contributed by atoms with E-state index in [9.17, 15) is 24.3 Å². The summed E-state index contributed by atoms with van der Waals surface area (Å²) in [4.78, 5) is 54.1. The van der Waals surface area contributed by atoms with Gasteiger partial charge in [-0.15, -0.1) is 0 Å². The first-order valence-corrected chi connectivity index (χ1v) is 11.4. The van der Waals surface area contributed by atoms with Crippen molar-refractivity contribution in [3.63, 3.8) is 0 Å². The summed E-state index contributed by atoms with van der Waals surface area (Å²) in [5, 5.41) is 33.6. The molecule has 1 aliphatic rings. The SMILES string of the molecule is CC(O)C(NC(=O)C1CCCN1C(=O)C(N)Cc1c[nH]c2ccccc12)C(=O)NC(CO)C(=O)O. The second-order valence-electron chi connectivity index (χ2n) is 8.67. The highest BCUT2D eigenvalue weighted by Gasteiger charge is 2.39. The summed E-state index contributed by atoms with van der Waals surface area (Å²) in [5.41, 5.74) is 8.02. The summed E-state index contributed by atoms with van der Waals surface area (Å²) >= 11 is 0. The summed E-state index contributed by atoms with van der Waals surface area (Å²) in [6.07, 6.45) is 1.61. The molecule has 0 saturated carbocycles. The number of para-hydroxylation sites is 1. The number of likely N-dealkylation sites (tertiary alicyclic amines) is 1. The Kier molecular flexibility index (Phi) is 8.43. The van der Waals surface area contributed by atoms with Crippen LogP contribution >= 0.6 is 0 Å². The van der Waals surface area contributed by atoms with Crippen molar-refractivity contribution in [2.75, 3.05) is 13.2 Å². The van der Waals surface area contributed by atoms with Crippen LogP contribution in [0, 0.1) is 0 Å². The molecule has 3 rings (SSSR count). The smallest absolute Gasteiger partial charge is 0.328 e. The number of nitrogens with zero attached hydrogens (tertiary/aromatic N) is 1. The van der Waals surface area contributed by atoms with E-state index < -0.39 is 60.6 Å². The highest BCUT2D eigenvalue weighted by atomic mass is 16.4. The molecule has 190 valence electrons. The summed E-state index contributed by atoms with van der Waals surface area (Å²) in [6, 6.07) is 2.78. The Balaban J connectivity index is 1.66. The average Bonchev–Trinajstić information content (AvgIpc) is 3.47. The van der Waals surface area contributed by atoms with E-state index >= 15 is 0 Å². The molecule has 0 aliphatic carbocycles. The van der Waals surface area contributed by atoms with E-state index in [2.05, 4.69) is 15.6 Å². The van der Waals surface area contributed by atoms with Gasteiger partial charge >= 0.3 is 5.97 Å². The van der Waals surface area contributed by atoms with E-state index in [4.69, 9.17) is 15.9 Å². The standard InChI is InChI=1S/C23H31N5O7/c1-12(30)19(21(32)26-17(11-29)23(34)35)27-20(31)18-7-4-8-28(18)22(33)15(24)9-13-10-25-16-6-3-2-5-14(13)16/h2-3,5-6,10,12,15,17-19,25,29-30H,4,7-9,11,24H2,1H3,(H,26,32)(H,27,31)(H,34,35). The summed E-state index contributed by atoms with van der Waals surface area (Å²) in [7, 11) is 0. The number of nitrogens with one attached hydrogen (secondary N) is 3. The van der Waals surface area contributed by atoms with Gasteiger partial charge in [-0.25, -0.2) is 4.79 Å². The van der Waals surface area contributed by atoms with Crippen LogP contribution < -0.4 is 16.4 Å². The number of aromatic amines is 1. The Labute approximate surface area is 201 Å². The largest absolute Gasteiger partial charge is 0.480 e. The van der Waals surface area contributed by atoms with Crippen molar-refractivity contribution in [1.29, 1.82) is 0 Å². The molecule has 5 unspecified atom stereocenters. The van der Waals surface area contributed by atoms with Gasteiger partial charge in [-0.3, -0.25) is 14.4 Å². The molecular formula is C23H31N5O7. The molecule has 0 radical (unpaired) electrons. The zero-order valence-corrected chi connectivity index (χ0v) is 19.3. The average molecular weight is 490 g/mol. The molecule has 5 atom stereocenters. The zero-order valence-electron chi connectivity index (χ0n) is 19.3. The van der Waals surface area contributed by atoms with Gasteiger partial charge in [-0.2, -0.15) is 0 Å². The lowest BCUT2D eigenvalue weighted by atomic mass is 10.0. The van der Waals surface area contributed by atoms with Crippen LogP contribution in [0.15, 0.2) is 30.5 Å². The van der Waals surface area contributed by atoms with Crippen molar-refractivity contribution < 1.29 is 34.5 Å². The first kappa shape index (κ1) is 26.1. The second kappa shape index (κ2) is 11.3. The number of H-pyrrole nitrogens is 1. The summed E-state index contributed by atoms with van der Waals surface area (Å²) in [5.74, 6) is -3.50. The number of rotatable bonds is 10. The van der Waals surface area contributed by atoms with Crippen molar-refractivity contribution in [1.82, 2.24) is 20.5 Å². The van der Waals surface area contributed by atoms with E-state index in [0.717, 1.165) is 16.5 Å². The third kappa shape index (κ3) is 5.96. The molecule has 1 saturated heterocycles. The predicted molar refractivity (Wildman–Crippen MR) is 125 cm³/mol. The van der Waals surface area contributed by atoms with E-state index in [0.29, 0.717) is 19.4 Å². The molecule has 12 heteroatoms. The number of nitrogens with two attached hydrogens (primary N) is 1. The van der Waals surface area contributed by atoms with Gasteiger partial charge in [-0.1, -0.05) is 18.2 Å². The number of amides is 3. The molecule has 2 heterocycles. The molecule has 1 aliphatic heterocycles. The number of aliphatic hydroxyl groups excluding tert-OH is 2. The Morgan fingerprint density at radius 2 is 1.94 bits per heavy atom. The van der Waals surface area contributed by atoms with Crippen LogP contribution in [-0.4, -0.2) is 92.3 Å². The van der Waals surface area contributed by atoms with Crippen LogP contribution in [0.2, 0.25) is 0 Å². The van der Waals surface area contributed by atoms with Gasteiger partial charge in [-0.05, 0) is 37.8 Å². The van der Waals surface area contributed by atoms with Crippen LogP contribution in [0.4, 0.5) is 0 Å². The molecule has 8 N–H and O–H groups in total. The lowest BCUT2D eigenvalue weighted by Gasteiger charge is -2.29. The van der Waals surface area contributed by atoms with Crippen molar-refractivity contribution in [2.45, 2.75) is 56.5 Å². The summed E-state index contributed by atoms with van der Waals surface area (Å²) < 4.78 is 0. The quantitative estimate of drug-likeness (QED) is 0.208. The number of carboxylic acids is 1. The number of aromatic nitrogens is 1. The molecule has 12 nitrogen and oxygen atoms in total. The van der Waals surface area contributed by atoms with Crippen molar-refractivity contribution >= 4 is 34.6 Å². The number of hydrogen-bond donors (Lipinski definition) is 7. The van der Waals surface area contributed by atoms with E-state index in [-0.39, 0.29) is 6.42 Å². The first-order chi connectivity index (χ1) is 16.6. The number of aliphatic hydroxyl groups is 2. The molecule has 35 heavy (non-hydrogen) atoms. The topological polar surface area (TPSA) is 198 Å². The minimum absolute atomic E-state index is 0.268. The number of fused-ring (bicyclic) bond motifs is 1. The third-order valence-corrected chi connectivity index (χ3v) is 6.13. The maximum absolute atomic E-state index is 13.1. The minimum Gasteiger partial charge on any atom is -0.480 e. The van der Waals surface area contributed by atoms with Crippen molar-refractivity contribution in [3.05, 3.63) is 36.0 Å². The van der Waals surface area contributed by atoms with E-state index in [1.165, 1.54) is 11.8 Å². The molecule has 1 aromatic carbocycles. The minimum atomic E-state index is -1.59. The van der Waals surface area contributed by atoms with Gasteiger partial charge in [0, 0.05) is 23.6 Å². The first-order valence-electron chi connectivity index (χ1n) is 11.4. The monoisotopic (exact) mass is 489 g/mol. The number of aliphatic carboxylic acids is 1. The molecule has 2 aromatic rings. The lowest BCUT2D eigenvalue weighted by Crippen LogP contribution is -2.59. The number of hydrogen-bond acceptors (Lipinski definition) is 7. The van der Waals surface area contributed by atoms with Crippen LogP contribution in [0.1, 0.15) is 25.3 Å². The van der Waals surface area contributed by atoms with Gasteiger partial charge < -0.3 is 41.6 Å². The fraction of sp³-hybridized carbons (Fsp3) is 0.478.